The molecule has 27 heavy (non-hydrogen) atoms. The number of alkyl halides is 1. The summed E-state index contributed by atoms with van der Waals surface area (Å²) in [6.45, 7) is 2.34. The lowest BCUT2D eigenvalue weighted by atomic mass is 9.79. The Balaban J connectivity index is 2.20. The Morgan fingerprint density at radius 2 is 1.93 bits per heavy atom. The van der Waals surface area contributed by atoms with Crippen LogP contribution in [0.5, 0.6) is 11.5 Å². The Hall–Kier alpha value is -2.21. The third-order valence-electron chi connectivity index (χ3n) is 5.27. The van der Waals surface area contributed by atoms with Crippen LogP contribution >= 0.6 is 11.6 Å². The van der Waals surface area contributed by atoms with Crippen molar-refractivity contribution in [2.45, 2.75) is 32.2 Å². The molecule has 1 N–H and O–H groups in total. The SMILES string of the molecule is COc1cc2c(cc1OC)[C@H](C1=C(O)C[C@@H](C)CC1=O)N(C(=O)CCl)CC2. The molecule has 1 aliphatic heterocycles. The van der Waals surface area contributed by atoms with Crippen molar-refractivity contribution >= 4 is 23.3 Å². The molecule has 3 rings (SSSR count). The first-order valence-electron chi connectivity index (χ1n) is 8.96. The Morgan fingerprint density at radius 3 is 2.52 bits per heavy atom. The molecule has 7 heteroatoms. The second-order valence-electron chi connectivity index (χ2n) is 7.08. The number of aliphatic hydroxyl groups is 1. The molecule has 0 saturated heterocycles. The number of aliphatic hydroxyl groups excluding tert-OH is 1. The van der Waals surface area contributed by atoms with E-state index in [0.29, 0.717) is 42.9 Å². The van der Waals surface area contributed by atoms with E-state index in [1.165, 1.54) is 7.11 Å². The molecule has 0 unspecified atom stereocenters. The fourth-order valence-corrected chi connectivity index (χ4v) is 4.17. The van der Waals surface area contributed by atoms with E-state index < -0.39 is 6.04 Å². The maximum absolute atomic E-state index is 12.8. The Kier molecular flexibility index (Phi) is 5.65. The van der Waals surface area contributed by atoms with Gasteiger partial charge in [-0.3, -0.25) is 9.59 Å². The Bertz CT molecular complexity index is 804. The van der Waals surface area contributed by atoms with Crippen LogP contribution in [0.4, 0.5) is 0 Å². The van der Waals surface area contributed by atoms with Crippen molar-refractivity contribution in [3.05, 3.63) is 34.6 Å². The van der Waals surface area contributed by atoms with Crippen molar-refractivity contribution in [1.29, 1.82) is 0 Å². The number of carbonyl (C=O) groups is 2. The normalized spacial score (nSPS) is 22.5. The first-order chi connectivity index (χ1) is 12.9. The number of Topliss-reactive ketones (excluding diaryl/α,β-unsaturated/α-hetero) is 1. The predicted octanol–water partition coefficient (Wildman–Crippen LogP) is 3.18. The second-order valence-corrected chi connectivity index (χ2v) is 7.34. The van der Waals surface area contributed by atoms with Crippen molar-refractivity contribution in [3.63, 3.8) is 0 Å². The van der Waals surface area contributed by atoms with Gasteiger partial charge < -0.3 is 19.5 Å². The fraction of sp³-hybridized carbons (Fsp3) is 0.500. The monoisotopic (exact) mass is 393 g/mol. The van der Waals surface area contributed by atoms with Gasteiger partial charge in [0, 0.05) is 19.4 Å². The van der Waals surface area contributed by atoms with Crippen molar-refractivity contribution in [3.8, 4) is 11.5 Å². The zero-order valence-corrected chi connectivity index (χ0v) is 16.5. The van der Waals surface area contributed by atoms with Gasteiger partial charge in [0.1, 0.15) is 11.6 Å². The maximum Gasteiger partial charge on any atom is 0.238 e. The summed E-state index contributed by atoms with van der Waals surface area (Å²) >= 11 is 5.82. The summed E-state index contributed by atoms with van der Waals surface area (Å²) in [6.07, 6.45) is 1.37. The third-order valence-corrected chi connectivity index (χ3v) is 5.50. The minimum Gasteiger partial charge on any atom is -0.512 e. The molecule has 0 spiro atoms. The average Bonchev–Trinajstić information content (AvgIpc) is 2.65. The molecule has 2 atom stereocenters. The lowest BCUT2D eigenvalue weighted by molar-refractivity contribution is -0.131. The number of halogens is 1. The number of benzene rings is 1. The number of carbonyl (C=O) groups excluding carboxylic acids is 2. The van der Waals surface area contributed by atoms with E-state index in [2.05, 4.69) is 0 Å². The van der Waals surface area contributed by atoms with E-state index >= 15 is 0 Å². The van der Waals surface area contributed by atoms with Crippen molar-refractivity contribution in [2.24, 2.45) is 5.92 Å². The number of rotatable bonds is 4. The molecule has 1 amide bonds. The first kappa shape index (κ1) is 19.5. The van der Waals surface area contributed by atoms with Crippen LogP contribution in [0.1, 0.15) is 36.9 Å². The minimum atomic E-state index is -0.667. The van der Waals surface area contributed by atoms with Gasteiger partial charge in [-0.05, 0) is 35.6 Å². The lowest BCUT2D eigenvalue weighted by Crippen LogP contribution is -2.43. The van der Waals surface area contributed by atoms with E-state index in [1.54, 1.807) is 18.1 Å². The molecular weight excluding hydrogens is 370 g/mol. The standard InChI is InChI=1S/C20H24ClNO5/c1-11-6-14(23)19(15(24)7-11)20-13-9-17(27-3)16(26-2)8-12(13)4-5-22(20)18(25)10-21/h8-9,11,20,23H,4-7,10H2,1-3H3/t11-,20-/m1/s1. The van der Waals surface area contributed by atoms with Gasteiger partial charge in [0.15, 0.2) is 17.3 Å². The molecule has 146 valence electrons. The summed E-state index contributed by atoms with van der Waals surface area (Å²) < 4.78 is 10.8. The molecule has 2 aliphatic rings. The van der Waals surface area contributed by atoms with Gasteiger partial charge in [-0.25, -0.2) is 0 Å². The molecule has 0 bridgehead atoms. The number of ether oxygens (including phenoxy) is 2. The summed E-state index contributed by atoms with van der Waals surface area (Å²) in [6, 6.07) is 3.00. The highest BCUT2D eigenvalue weighted by atomic mass is 35.5. The van der Waals surface area contributed by atoms with Crippen molar-refractivity contribution in [2.75, 3.05) is 26.6 Å². The molecule has 6 nitrogen and oxygen atoms in total. The number of ketones is 1. The number of hydrogen-bond donors (Lipinski definition) is 1. The minimum absolute atomic E-state index is 0.0544. The van der Waals surface area contributed by atoms with Crippen LogP contribution in [-0.4, -0.2) is 48.3 Å². The molecule has 1 heterocycles. The van der Waals surface area contributed by atoms with Gasteiger partial charge in [-0.1, -0.05) is 6.92 Å². The van der Waals surface area contributed by atoms with E-state index in [9.17, 15) is 14.7 Å². The molecule has 0 saturated carbocycles. The van der Waals surface area contributed by atoms with Crippen molar-refractivity contribution < 1.29 is 24.2 Å². The number of allylic oxidation sites excluding steroid dienone is 1. The van der Waals surface area contributed by atoms with Gasteiger partial charge >= 0.3 is 0 Å². The van der Waals surface area contributed by atoms with Gasteiger partial charge in [-0.15, -0.1) is 11.6 Å². The average molecular weight is 394 g/mol. The largest absolute Gasteiger partial charge is 0.512 e. The lowest BCUT2D eigenvalue weighted by Gasteiger charge is -2.40. The zero-order valence-electron chi connectivity index (χ0n) is 15.8. The molecule has 0 fully saturated rings. The number of amides is 1. The van der Waals surface area contributed by atoms with Gasteiger partial charge in [0.2, 0.25) is 5.91 Å². The molecule has 0 radical (unpaired) electrons. The number of nitrogens with zero attached hydrogens (tertiary/aromatic N) is 1. The van der Waals surface area contributed by atoms with E-state index in [-0.39, 0.29) is 29.2 Å². The molecule has 1 aliphatic carbocycles. The van der Waals surface area contributed by atoms with Crippen LogP contribution in [0.2, 0.25) is 0 Å². The van der Waals surface area contributed by atoms with Crippen LogP contribution in [-0.2, 0) is 16.0 Å². The van der Waals surface area contributed by atoms with E-state index in [1.807, 2.05) is 13.0 Å². The zero-order chi connectivity index (χ0) is 19.7. The smallest absolute Gasteiger partial charge is 0.238 e. The van der Waals surface area contributed by atoms with Crippen LogP contribution < -0.4 is 9.47 Å². The highest BCUT2D eigenvalue weighted by molar-refractivity contribution is 6.27. The van der Waals surface area contributed by atoms with Gasteiger partial charge in [-0.2, -0.15) is 0 Å². The summed E-state index contributed by atoms with van der Waals surface area (Å²) in [5.74, 6) is 0.649. The summed E-state index contributed by atoms with van der Waals surface area (Å²) in [4.78, 5) is 26.9. The van der Waals surface area contributed by atoms with Gasteiger partial charge in [0.25, 0.3) is 0 Å². The highest BCUT2D eigenvalue weighted by Gasteiger charge is 2.40. The van der Waals surface area contributed by atoms with Crippen LogP contribution in [0.3, 0.4) is 0 Å². The first-order valence-corrected chi connectivity index (χ1v) is 9.50. The van der Waals surface area contributed by atoms with E-state index in [0.717, 1.165) is 11.1 Å². The summed E-state index contributed by atoms with van der Waals surface area (Å²) in [5, 5.41) is 10.6. The molecular formula is C20H24ClNO5. The quantitative estimate of drug-likeness (QED) is 0.795. The highest BCUT2D eigenvalue weighted by Crippen LogP contribution is 2.44. The molecule has 0 aromatic heterocycles. The predicted molar refractivity (Wildman–Crippen MR) is 101 cm³/mol. The molecule has 1 aromatic rings. The summed E-state index contributed by atoms with van der Waals surface area (Å²) in [7, 11) is 3.10. The maximum atomic E-state index is 12.8. The van der Waals surface area contributed by atoms with Crippen LogP contribution in [0, 0.1) is 5.92 Å². The third kappa shape index (κ3) is 3.50. The Morgan fingerprint density at radius 1 is 1.26 bits per heavy atom. The van der Waals surface area contributed by atoms with E-state index in [4.69, 9.17) is 21.1 Å². The topological polar surface area (TPSA) is 76.1 Å². The van der Waals surface area contributed by atoms with Crippen molar-refractivity contribution in [1.82, 2.24) is 4.90 Å². The number of methoxy groups -OCH3 is 2. The Labute approximate surface area is 163 Å². The fourth-order valence-electron chi connectivity index (χ4n) is 4.01. The van der Waals surface area contributed by atoms with Crippen LogP contribution in [0.15, 0.2) is 23.5 Å². The van der Waals surface area contributed by atoms with Crippen LogP contribution in [0.25, 0.3) is 0 Å². The number of hydrogen-bond acceptors (Lipinski definition) is 5. The molecule has 1 aromatic carbocycles. The second kappa shape index (κ2) is 7.80. The van der Waals surface area contributed by atoms with Gasteiger partial charge in [0.05, 0.1) is 25.8 Å². The number of fused-ring (bicyclic) bond motifs is 1. The summed E-state index contributed by atoms with van der Waals surface area (Å²) in [5.41, 5.74) is 2.02.